The normalized spacial score (nSPS) is 17.9. The van der Waals surface area contributed by atoms with Crippen LogP contribution in [0.4, 0.5) is 21.9 Å². The predicted octanol–water partition coefficient (Wildman–Crippen LogP) is 5.00. The molecule has 4 N–H and O–H groups in total. The van der Waals surface area contributed by atoms with E-state index in [9.17, 15) is 19.2 Å². The molecular weight excluding hydrogens is 754 g/mol. The molecule has 2 fully saturated rings. The first kappa shape index (κ1) is 34.9. The van der Waals surface area contributed by atoms with E-state index in [4.69, 9.17) is 5.73 Å². The highest BCUT2D eigenvalue weighted by Gasteiger charge is 2.35. The van der Waals surface area contributed by atoms with Crippen molar-refractivity contribution in [2.45, 2.75) is 37.8 Å². The molecule has 49 heavy (non-hydrogen) atoms. The number of likely N-dealkylation sites (tertiary alicyclic amines) is 1. The van der Waals surface area contributed by atoms with Crippen LogP contribution < -0.4 is 21.3 Å². The molecule has 4 amide bonds. The molecule has 3 aliphatic heterocycles. The van der Waals surface area contributed by atoms with Crippen molar-refractivity contribution in [3.63, 3.8) is 0 Å². The van der Waals surface area contributed by atoms with E-state index in [-0.39, 0.29) is 30.2 Å². The fourth-order valence-electron chi connectivity index (χ4n) is 6.73. The van der Waals surface area contributed by atoms with Gasteiger partial charge in [-0.3, -0.25) is 14.4 Å². The molecule has 6 rings (SSSR count). The molecule has 1 atom stereocenters. The van der Waals surface area contributed by atoms with Crippen LogP contribution in [0.2, 0.25) is 0 Å². The Labute approximate surface area is 303 Å². The highest BCUT2D eigenvalue weighted by atomic mass is 79.9. The number of piperazine rings is 1. The number of nitrogens with two attached hydrogens (primary N) is 1. The molecule has 11 nitrogen and oxygen atoms in total. The first-order valence-electron chi connectivity index (χ1n) is 16.6. The van der Waals surface area contributed by atoms with E-state index < -0.39 is 11.9 Å². The van der Waals surface area contributed by atoms with Gasteiger partial charge in [0.1, 0.15) is 6.04 Å². The predicted molar refractivity (Wildman–Crippen MR) is 198 cm³/mol. The van der Waals surface area contributed by atoms with Crippen molar-refractivity contribution in [3.05, 3.63) is 86.3 Å². The van der Waals surface area contributed by atoms with Gasteiger partial charge in [-0.1, -0.05) is 18.2 Å². The van der Waals surface area contributed by atoms with Crippen LogP contribution in [-0.2, 0) is 11.2 Å². The largest absolute Gasteiger partial charge is 0.397 e. The van der Waals surface area contributed by atoms with Crippen molar-refractivity contribution in [1.29, 1.82) is 0 Å². The monoisotopic (exact) mass is 793 g/mol. The van der Waals surface area contributed by atoms with Crippen LogP contribution in [0.15, 0.2) is 69.6 Å². The molecule has 0 bridgehead atoms. The van der Waals surface area contributed by atoms with Crippen molar-refractivity contribution in [3.8, 4) is 0 Å². The van der Waals surface area contributed by atoms with E-state index in [1.165, 1.54) is 0 Å². The van der Waals surface area contributed by atoms with Crippen LogP contribution in [0.1, 0.15) is 45.5 Å². The molecule has 0 saturated carbocycles. The fourth-order valence-corrected chi connectivity index (χ4v) is 7.92. The van der Waals surface area contributed by atoms with Gasteiger partial charge in [-0.2, -0.15) is 0 Å². The van der Waals surface area contributed by atoms with Crippen LogP contribution in [-0.4, -0.2) is 103 Å². The lowest BCUT2D eigenvalue weighted by Crippen LogP contribution is -2.54. The number of hydrogen-bond donors (Lipinski definition) is 3. The van der Waals surface area contributed by atoms with Crippen molar-refractivity contribution in [2.75, 3.05) is 68.8 Å². The molecule has 0 spiro atoms. The number of benzene rings is 3. The number of nitrogens with zero attached hydrogens (tertiary/aromatic N) is 4. The Morgan fingerprint density at radius 3 is 2.22 bits per heavy atom. The maximum atomic E-state index is 14.1. The summed E-state index contributed by atoms with van der Waals surface area (Å²) in [5.74, 6) is -1.05. The van der Waals surface area contributed by atoms with E-state index in [1.54, 1.807) is 29.2 Å². The number of nitrogens with one attached hydrogen (secondary N) is 2. The number of nitrogen functional groups attached to an aromatic ring is 1. The number of fused-ring (bicyclic) bond motifs is 1. The van der Waals surface area contributed by atoms with Gasteiger partial charge in [0, 0.05) is 89.7 Å². The van der Waals surface area contributed by atoms with Gasteiger partial charge >= 0.3 is 6.03 Å². The number of likely N-dealkylation sites (N-methyl/N-ethyl adjacent to an activating group) is 1. The number of halogens is 2. The summed E-state index contributed by atoms with van der Waals surface area (Å²) < 4.78 is 1.11. The van der Waals surface area contributed by atoms with Crippen LogP contribution in [0.3, 0.4) is 0 Å². The van der Waals surface area contributed by atoms with E-state index in [2.05, 4.69) is 59.3 Å². The summed E-state index contributed by atoms with van der Waals surface area (Å²) in [5, 5.41) is 5.92. The van der Waals surface area contributed by atoms with Crippen LogP contribution in [0, 0.1) is 0 Å². The van der Waals surface area contributed by atoms with Crippen molar-refractivity contribution in [2.24, 2.45) is 0 Å². The summed E-state index contributed by atoms with van der Waals surface area (Å²) in [7, 11) is 2.11. The quantitative estimate of drug-likeness (QED) is 0.216. The Morgan fingerprint density at radius 1 is 0.898 bits per heavy atom. The molecule has 2 saturated heterocycles. The standard InChI is InChI=1S/C36H41Br2N7O4/c1-42-16-18-43(19-17-42)26-8-6-24(7-9-26)34(47)40-31(22-32(46)25-20-28(37)33(39)29(38)21-25)35(48)44-13-11-27(12-14-44)45-15-10-23-4-2-3-5-30(23)41-36(45)49/h2-9,20-21,27,31H,10-19,22,39H2,1H3,(H,40,47)(H,41,49). The van der Waals surface area contributed by atoms with Crippen LogP contribution in [0.25, 0.3) is 0 Å². The molecule has 0 aromatic heterocycles. The number of para-hydroxylation sites is 1. The third kappa shape index (κ3) is 8.11. The smallest absolute Gasteiger partial charge is 0.322 e. The number of urea groups is 1. The molecule has 1 unspecified atom stereocenters. The number of ketones is 1. The number of rotatable bonds is 8. The number of Topliss-reactive ketones (excluding diaryl/α,β-unsaturated/α-hetero) is 1. The summed E-state index contributed by atoms with van der Waals surface area (Å²) >= 11 is 6.79. The molecule has 0 aliphatic carbocycles. The van der Waals surface area contributed by atoms with E-state index in [1.807, 2.05) is 41.3 Å². The number of hydrogen-bond acceptors (Lipinski definition) is 7. The second-order valence-electron chi connectivity index (χ2n) is 12.9. The Hall–Kier alpha value is -3.94. The van der Waals surface area contributed by atoms with E-state index in [0.717, 1.165) is 49.5 Å². The van der Waals surface area contributed by atoms with Gasteiger partial charge in [-0.15, -0.1) is 0 Å². The number of anilines is 3. The number of amides is 4. The Balaban J connectivity index is 1.14. The zero-order valence-corrected chi connectivity index (χ0v) is 30.6. The third-order valence-electron chi connectivity index (χ3n) is 9.75. The second kappa shape index (κ2) is 15.3. The summed E-state index contributed by atoms with van der Waals surface area (Å²) in [5.41, 5.74) is 10.2. The van der Waals surface area contributed by atoms with Gasteiger partial charge in [-0.25, -0.2) is 4.79 Å². The minimum absolute atomic E-state index is 0.0312. The highest BCUT2D eigenvalue weighted by Crippen LogP contribution is 2.31. The van der Waals surface area contributed by atoms with E-state index >= 15 is 0 Å². The molecule has 258 valence electrons. The Morgan fingerprint density at radius 2 is 1.55 bits per heavy atom. The van der Waals surface area contributed by atoms with Crippen molar-refractivity contribution in [1.82, 2.24) is 20.0 Å². The van der Waals surface area contributed by atoms with Gasteiger partial charge in [0.2, 0.25) is 5.91 Å². The fraction of sp³-hybridized carbons (Fsp3) is 0.389. The first-order valence-corrected chi connectivity index (χ1v) is 18.2. The summed E-state index contributed by atoms with van der Waals surface area (Å²) in [6, 6.07) is 17.2. The molecule has 3 aliphatic rings. The maximum absolute atomic E-state index is 14.1. The number of carbonyl (C=O) groups excluding carboxylic acids is 4. The topological polar surface area (TPSA) is 131 Å². The maximum Gasteiger partial charge on any atom is 0.322 e. The van der Waals surface area contributed by atoms with Gasteiger partial charge in [0.25, 0.3) is 5.91 Å². The minimum Gasteiger partial charge on any atom is -0.397 e. The molecule has 13 heteroatoms. The first-order chi connectivity index (χ1) is 23.6. The minimum atomic E-state index is -1.08. The van der Waals surface area contributed by atoms with Crippen molar-refractivity contribution < 1.29 is 19.2 Å². The zero-order valence-electron chi connectivity index (χ0n) is 27.5. The molecule has 0 radical (unpaired) electrons. The summed E-state index contributed by atoms with van der Waals surface area (Å²) in [6.45, 7) is 5.15. The Bertz CT molecular complexity index is 1700. The molecule has 3 aromatic carbocycles. The summed E-state index contributed by atoms with van der Waals surface area (Å²) in [4.78, 5) is 62.5. The summed E-state index contributed by atoms with van der Waals surface area (Å²) in [6.07, 6.45) is 1.71. The second-order valence-corrected chi connectivity index (χ2v) is 14.6. The molecular formula is C36H41Br2N7O4. The number of piperidine rings is 1. The van der Waals surface area contributed by atoms with Crippen molar-refractivity contribution >= 4 is 72.6 Å². The molecule has 3 heterocycles. The van der Waals surface area contributed by atoms with Crippen LogP contribution >= 0.6 is 31.9 Å². The lowest BCUT2D eigenvalue weighted by molar-refractivity contribution is -0.134. The van der Waals surface area contributed by atoms with Gasteiger partial charge in [0.05, 0.1) is 5.69 Å². The molecule has 3 aromatic rings. The highest BCUT2D eigenvalue weighted by molar-refractivity contribution is 9.11. The Kier molecular flexibility index (Phi) is 10.9. The number of carbonyl (C=O) groups is 4. The van der Waals surface area contributed by atoms with Crippen LogP contribution in [0.5, 0.6) is 0 Å². The van der Waals surface area contributed by atoms with Gasteiger partial charge in [-0.05, 0) is 106 Å². The van der Waals surface area contributed by atoms with Gasteiger partial charge < -0.3 is 36.0 Å². The average molecular weight is 796 g/mol. The lowest BCUT2D eigenvalue weighted by atomic mass is 9.99. The SMILES string of the molecule is CN1CCN(c2ccc(C(=O)NC(CC(=O)c3cc(Br)c(N)c(Br)c3)C(=O)N3CCC(N4CCc5ccccc5NC4=O)CC3)cc2)CC1. The average Bonchev–Trinajstić information content (AvgIpc) is 3.28. The van der Waals surface area contributed by atoms with E-state index in [0.29, 0.717) is 58.2 Å². The van der Waals surface area contributed by atoms with Gasteiger partial charge in [0.15, 0.2) is 5.78 Å². The lowest BCUT2D eigenvalue weighted by Gasteiger charge is -2.39. The third-order valence-corrected chi connectivity index (χ3v) is 11.1. The zero-order chi connectivity index (χ0) is 34.7.